The largest absolute Gasteiger partial charge is 0.365 e. The fourth-order valence-electron chi connectivity index (χ4n) is 2.17. The third kappa shape index (κ3) is 3.35. The second kappa shape index (κ2) is 6.71. The summed E-state index contributed by atoms with van der Waals surface area (Å²) in [5, 5.41) is 0.658. The molecule has 19 heavy (non-hydrogen) atoms. The summed E-state index contributed by atoms with van der Waals surface area (Å²) in [7, 11) is 0. The molecule has 0 aliphatic carbocycles. The molecule has 0 saturated carbocycles. The van der Waals surface area contributed by atoms with Gasteiger partial charge >= 0.3 is 0 Å². The topological polar surface area (TPSA) is 3.24 Å². The van der Waals surface area contributed by atoms with E-state index in [0.717, 1.165) is 18.7 Å². The standard InChI is InChI=1S/C16H17BrFN/c1-2-19(12-13-7-4-3-5-8-13)16-14(11-17)9-6-10-15(16)18/h3-10H,2,11-12H2,1H3. The summed E-state index contributed by atoms with van der Waals surface area (Å²) >= 11 is 3.43. The Hall–Kier alpha value is -1.35. The minimum atomic E-state index is -0.158. The molecular formula is C16H17BrFN. The predicted molar refractivity (Wildman–Crippen MR) is 82.2 cm³/mol. The van der Waals surface area contributed by atoms with E-state index in [2.05, 4.69) is 33.0 Å². The van der Waals surface area contributed by atoms with E-state index in [1.165, 1.54) is 11.6 Å². The van der Waals surface area contributed by atoms with E-state index >= 15 is 0 Å². The van der Waals surface area contributed by atoms with Crippen molar-refractivity contribution in [3.63, 3.8) is 0 Å². The lowest BCUT2D eigenvalue weighted by Gasteiger charge is -2.26. The molecule has 0 atom stereocenters. The molecule has 0 spiro atoms. The monoisotopic (exact) mass is 321 g/mol. The van der Waals surface area contributed by atoms with Crippen LogP contribution in [-0.4, -0.2) is 6.54 Å². The van der Waals surface area contributed by atoms with Gasteiger partial charge in [0.15, 0.2) is 0 Å². The van der Waals surface area contributed by atoms with Gasteiger partial charge in [-0.15, -0.1) is 0 Å². The summed E-state index contributed by atoms with van der Waals surface area (Å²) in [5.74, 6) is -0.158. The van der Waals surface area contributed by atoms with Crippen LogP contribution in [0.5, 0.6) is 0 Å². The summed E-state index contributed by atoms with van der Waals surface area (Å²) in [6.07, 6.45) is 0. The summed E-state index contributed by atoms with van der Waals surface area (Å²) < 4.78 is 14.1. The average molecular weight is 322 g/mol. The lowest BCUT2D eigenvalue weighted by atomic mass is 10.1. The minimum absolute atomic E-state index is 0.158. The maximum atomic E-state index is 14.1. The van der Waals surface area contributed by atoms with Crippen molar-refractivity contribution in [1.29, 1.82) is 0 Å². The molecular weight excluding hydrogens is 305 g/mol. The molecule has 0 N–H and O–H groups in total. The van der Waals surface area contributed by atoms with Gasteiger partial charge in [0, 0.05) is 18.4 Å². The Kier molecular flexibility index (Phi) is 4.97. The maximum Gasteiger partial charge on any atom is 0.146 e. The Morgan fingerprint density at radius 2 is 1.79 bits per heavy atom. The number of benzene rings is 2. The zero-order chi connectivity index (χ0) is 13.7. The molecule has 0 saturated heterocycles. The molecule has 0 aliphatic rings. The Labute approximate surface area is 122 Å². The number of para-hydroxylation sites is 1. The van der Waals surface area contributed by atoms with Crippen molar-refractivity contribution in [3.8, 4) is 0 Å². The summed E-state index contributed by atoms with van der Waals surface area (Å²) in [6, 6.07) is 15.4. The molecule has 3 heteroatoms. The van der Waals surface area contributed by atoms with Gasteiger partial charge in [0.05, 0.1) is 5.69 Å². The number of alkyl halides is 1. The van der Waals surface area contributed by atoms with Gasteiger partial charge in [-0.25, -0.2) is 4.39 Å². The summed E-state index contributed by atoms with van der Waals surface area (Å²) in [5.41, 5.74) is 2.87. The molecule has 2 rings (SSSR count). The van der Waals surface area contributed by atoms with Crippen LogP contribution < -0.4 is 4.90 Å². The third-order valence-corrected chi connectivity index (χ3v) is 3.73. The lowest BCUT2D eigenvalue weighted by molar-refractivity contribution is 0.616. The van der Waals surface area contributed by atoms with Gasteiger partial charge in [0.2, 0.25) is 0 Å². The van der Waals surface area contributed by atoms with Crippen LogP contribution in [0.1, 0.15) is 18.1 Å². The highest BCUT2D eigenvalue weighted by molar-refractivity contribution is 9.08. The molecule has 100 valence electrons. The minimum Gasteiger partial charge on any atom is -0.365 e. The molecule has 0 bridgehead atoms. The Morgan fingerprint density at radius 1 is 1.05 bits per heavy atom. The van der Waals surface area contributed by atoms with Gasteiger partial charge in [0.25, 0.3) is 0 Å². The molecule has 0 aliphatic heterocycles. The van der Waals surface area contributed by atoms with Crippen LogP contribution in [0.3, 0.4) is 0 Å². The average Bonchev–Trinajstić information content (AvgIpc) is 2.46. The smallest absolute Gasteiger partial charge is 0.146 e. The Balaban J connectivity index is 2.32. The quantitative estimate of drug-likeness (QED) is 0.718. The van der Waals surface area contributed by atoms with E-state index in [4.69, 9.17) is 0 Å². The number of anilines is 1. The maximum absolute atomic E-state index is 14.1. The third-order valence-electron chi connectivity index (χ3n) is 3.13. The molecule has 0 unspecified atom stereocenters. The van der Waals surface area contributed by atoms with Crippen LogP contribution in [0.4, 0.5) is 10.1 Å². The normalized spacial score (nSPS) is 10.5. The number of hydrogen-bond acceptors (Lipinski definition) is 1. The highest BCUT2D eigenvalue weighted by Crippen LogP contribution is 2.27. The number of hydrogen-bond donors (Lipinski definition) is 0. The van der Waals surface area contributed by atoms with Crippen molar-refractivity contribution in [2.24, 2.45) is 0 Å². The highest BCUT2D eigenvalue weighted by Gasteiger charge is 2.14. The van der Waals surface area contributed by atoms with E-state index in [1.54, 1.807) is 6.07 Å². The highest BCUT2D eigenvalue weighted by atomic mass is 79.9. The van der Waals surface area contributed by atoms with Crippen LogP contribution in [0, 0.1) is 5.82 Å². The molecule has 0 heterocycles. The van der Waals surface area contributed by atoms with Crippen LogP contribution in [0.25, 0.3) is 0 Å². The van der Waals surface area contributed by atoms with Gasteiger partial charge in [-0.05, 0) is 24.1 Å². The summed E-state index contributed by atoms with van der Waals surface area (Å²) in [4.78, 5) is 2.07. The van der Waals surface area contributed by atoms with E-state index in [-0.39, 0.29) is 5.82 Å². The first-order chi connectivity index (χ1) is 9.26. The fourth-order valence-corrected chi connectivity index (χ4v) is 2.63. The molecule has 2 aromatic rings. The van der Waals surface area contributed by atoms with Gasteiger partial charge in [-0.1, -0.05) is 58.4 Å². The molecule has 0 radical (unpaired) electrons. The van der Waals surface area contributed by atoms with Crippen LogP contribution >= 0.6 is 15.9 Å². The number of rotatable bonds is 5. The first kappa shape index (κ1) is 14.1. The van der Waals surface area contributed by atoms with E-state index in [9.17, 15) is 4.39 Å². The van der Waals surface area contributed by atoms with E-state index in [0.29, 0.717) is 11.0 Å². The van der Waals surface area contributed by atoms with Gasteiger partial charge in [0.1, 0.15) is 5.82 Å². The fraction of sp³-hybridized carbons (Fsp3) is 0.250. The van der Waals surface area contributed by atoms with E-state index < -0.39 is 0 Å². The Bertz CT molecular complexity index is 528. The number of halogens is 2. The molecule has 0 fully saturated rings. The van der Waals surface area contributed by atoms with Crippen molar-refractivity contribution in [3.05, 3.63) is 65.5 Å². The molecule has 0 aromatic heterocycles. The van der Waals surface area contributed by atoms with Crippen molar-refractivity contribution in [2.75, 3.05) is 11.4 Å². The van der Waals surface area contributed by atoms with Crippen molar-refractivity contribution in [1.82, 2.24) is 0 Å². The predicted octanol–water partition coefficient (Wildman–Crippen LogP) is 4.75. The molecule has 1 nitrogen and oxygen atoms in total. The number of nitrogens with zero attached hydrogens (tertiary/aromatic N) is 1. The van der Waals surface area contributed by atoms with Crippen molar-refractivity contribution >= 4 is 21.6 Å². The molecule has 2 aromatic carbocycles. The SMILES string of the molecule is CCN(Cc1ccccc1)c1c(F)cccc1CBr. The Morgan fingerprint density at radius 3 is 2.42 bits per heavy atom. The van der Waals surface area contributed by atoms with Gasteiger partial charge < -0.3 is 4.90 Å². The van der Waals surface area contributed by atoms with Gasteiger partial charge in [-0.2, -0.15) is 0 Å². The summed E-state index contributed by atoms with van der Waals surface area (Å²) in [6.45, 7) is 3.54. The van der Waals surface area contributed by atoms with Crippen LogP contribution in [0.15, 0.2) is 48.5 Å². The van der Waals surface area contributed by atoms with Crippen LogP contribution in [0.2, 0.25) is 0 Å². The van der Waals surface area contributed by atoms with Crippen molar-refractivity contribution < 1.29 is 4.39 Å². The van der Waals surface area contributed by atoms with Crippen molar-refractivity contribution in [2.45, 2.75) is 18.8 Å². The first-order valence-corrected chi connectivity index (χ1v) is 7.50. The van der Waals surface area contributed by atoms with E-state index in [1.807, 2.05) is 31.2 Å². The lowest BCUT2D eigenvalue weighted by Crippen LogP contribution is -2.24. The zero-order valence-corrected chi connectivity index (χ0v) is 12.5. The zero-order valence-electron chi connectivity index (χ0n) is 10.9. The molecule has 0 amide bonds. The second-order valence-electron chi connectivity index (χ2n) is 4.38. The van der Waals surface area contributed by atoms with Gasteiger partial charge in [-0.3, -0.25) is 0 Å². The van der Waals surface area contributed by atoms with Crippen LogP contribution in [-0.2, 0) is 11.9 Å². The second-order valence-corrected chi connectivity index (χ2v) is 4.94. The first-order valence-electron chi connectivity index (χ1n) is 6.38.